The molecule has 0 saturated carbocycles. The summed E-state index contributed by atoms with van der Waals surface area (Å²) >= 11 is 0. The van der Waals surface area contributed by atoms with Crippen LogP contribution in [0.3, 0.4) is 0 Å². The van der Waals surface area contributed by atoms with Gasteiger partial charge < -0.3 is 14.9 Å². The van der Waals surface area contributed by atoms with Gasteiger partial charge in [0.2, 0.25) is 0 Å². The van der Waals surface area contributed by atoms with Crippen molar-refractivity contribution in [2.24, 2.45) is 0 Å². The smallest absolute Gasteiger partial charge is 0.125 e. The van der Waals surface area contributed by atoms with Gasteiger partial charge in [-0.15, -0.1) is 0 Å². The molecule has 3 nitrogen and oxygen atoms in total. The van der Waals surface area contributed by atoms with Gasteiger partial charge in [0.25, 0.3) is 0 Å². The van der Waals surface area contributed by atoms with E-state index in [0.717, 1.165) is 38.8 Å². The molecule has 0 atom stereocenters. The van der Waals surface area contributed by atoms with Crippen molar-refractivity contribution in [2.75, 3.05) is 7.11 Å². The van der Waals surface area contributed by atoms with E-state index in [2.05, 4.69) is 0 Å². The monoisotopic (exact) mass is 308 g/mol. The van der Waals surface area contributed by atoms with Gasteiger partial charge in [-0.1, -0.05) is 36.4 Å². The molecule has 0 saturated heterocycles. The molecule has 3 aromatic carbocycles. The lowest BCUT2D eigenvalue weighted by molar-refractivity contribution is 0.282. The van der Waals surface area contributed by atoms with Crippen LogP contribution >= 0.6 is 0 Å². The van der Waals surface area contributed by atoms with Crippen molar-refractivity contribution >= 4 is 10.8 Å². The first-order chi connectivity index (χ1) is 11.1. The molecule has 0 heterocycles. The Morgan fingerprint density at radius 2 is 1.74 bits per heavy atom. The summed E-state index contributed by atoms with van der Waals surface area (Å²) in [6, 6.07) is 13.6. The summed E-state index contributed by atoms with van der Waals surface area (Å²) in [6.45, 7) is 3.75. The topological polar surface area (TPSA) is 49.7 Å². The number of fused-ring (bicyclic) bond motifs is 1. The number of aliphatic hydroxyl groups is 1. The van der Waals surface area contributed by atoms with E-state index in [-0.39, 0.29) is 12.4 Å². The summed E-state index contributed by atoms with van der Waals surface area (Å²) in [7, 11) is 1.63. The summed E-state index contributed by atoms with van der Waals surface area (Å²) in [4.78, 5) is 0. The number of hydrogen-bond donors (Lipinski definition) is 2. The van der Waals surface area contributed by atoms with E-state index >= 15 is 0 Å². The highest BCUT2D eigenvalue weighted by atomic mass is 16.5. The molecule has 0 aliphatic rings. The highest BCUT2D eigenvalue weighted by Crippen LogP contribution is 2.43. The second-order valence-corrected chi connectivity index (χ2v) is 5.72. The fourth-order valence-electron chi connectivity index (χ4n) is 3.32. The maximum Gasteiger partial charge on any atom is 0.125 e. The molecule has 23 heavy (non-hydrogen) atoms. The number of hydrogen-bond acceptors (Lipinski definition) is 3. The fourth-order valence-corrected chi connectivity index (χ4v) is 3.32. The van der Waals surface area contributed by atoms with Crippen LogP contribution in [0, 0.1) is 13.8 Å². The zero-order chi connectivity index (χ0) is 16.6. The Hall–Kier alpha value is -2.52. The third-order valence-corrected chi connectivity index (χ3v) is 4.32. The Labute approximate surface area is 135 Å². The number of methoxy groups -OCH3 is 1. The molecule has 0 aliphatic carbocycles. The largest absolute Gasteiger partial charge is 0.507 e. The number of phenols is 1. The average molecular weight is 308 g/mol. The molecule has 0 aromatic heterocycles. The van der Waals surface area contributed by atoms with Gasteiger partial charge in [0.05, 0.1) is 13.7 Å². The third kappa shape index (κ3) is 2.43. The van der Waals surface area contributed by atoms with E-state index in [4.69, 9.17) is 4.74 Å². The van der Waals surface area contributed by atoms with Crippen molar-refractivity contribution in [1.82, 2.24) is 0 Å². The second kappa shape index (κ2) is 5.94. The van der Waals surface area contributed by atoms with Gasteiger partial charge >= 0.3 is 0 Å². The van der Waals surface area contributed by atoms with Crippen molar-refractivity contribution in [2.45, 2.75) is 20.5 Å². The first kappa shape index (κ1) is 15.4. The number of benzene rings is 3. The second-order valence-electron chi connectivity index (χ2n) is 5.72. The highest BCUT2D eigenvalue weighted by molar-refractivity contribution is 6.00. The SMILES string of the molecule is COc1c(C)cc(O)c(-c2c(CO)ccc3ccccc23)c1C. The molecular weight excluding hydrogens is 288 g/mol. The Bertz CT molecular complexity index is 882. The molecule has 118 valence electrons. The van der Waals surface area contributed by atoms with Crippen LogP contribution in [-0.2, 0) is 6.61 Å². The zero-order valence-corrected chi connectivity index (χ0v) is 13.6. The fraction of sp³-hybridized carbons (Fsp3) is 0.200. The number of aliphatic hydroxyl groups excluding tert-OH is 1. The van der Waals surface area contributed by atoms with Gasteiger partial charge in [0.15, 0.2) is 0 Å². The van der Waals surface area contributed by atoms with Gasteiger partial charge in [-0.3, -0.25) is 0 Å². The first-order valence-electron chi connectivity index (χ1n) is 7.57. The Morgan fingerprint density at radius 1 is 1.00 bits per heavy atom. The van der Waals surface area contributed by atoms with Gasteiger partial charge in [-0.05, 0) is 47.4 Å². The minimum absolute atomic E-state index is 0.0881. The molecule has 0 aliphatic heterocycles. The van der Waals surface area contributed by atoms with Crippen molar-refractivity contribution in [3.63, 3.8) is 0 Å². The summed E-state index contributed by atoms with van der Waals surface area (Å²) in [5.41, 5.74) is 4.12. The van der Waals surface area contributed by atoms with Crippen LogP contribution in [0.25, 0.3) is 21.9 Å². The van der Waals surface area contributed by atoms with Gasteiger partial charge in [0.1, 0.15) is 11.5 Å². The lowest BCUT2D eigenvalue weighted by Crippen LogP contribution is -1.98. The maximum absolute atomic E-state index is 10.6. The third-order valence-electron chi connectivity index (χ3n) is 4.32. The number of aryl methyl sites for hydroxylation is 1. The highest BCUT2D eigenvalue weighted by Gasteiger charge is 2.19. The summed E-state index contributed by atoms with van der Waals surface area (Å²) in [5, 5.41) is 22.4. The van der Waals surface area contributed by atoms with E-state index in [1.165, 1.54) is 0 Å². The first-order valence-corrected chi connectivity index (χ1v) is 7.57. The number of ether oxygens (including phenoxy) is 1. The van der Waals surface area contributed by atoms with Crippen LogP contribution in [0.2, 0.25) is 0 Å². The van der Waals surface area contributed by atoms with Gasteiger partial charge in [0, 0.05) is 11.1 Å². The van der Waals surface area contributed by atoms with Crippen molar-refractivity contribution in [3.05, 3.63) is 59.2 Å². The Kier molecular flexibility index (Phi) is 3.97. The lowest BCUT2D eigenvalue weighted by Gasteiger charge is -2.19. The lowest BCUT2D eigenvalue weighted by atomic mass is 9.89. The van der Waals surface area contributed by atoms with E-state index in [9.17, 15) is 10.2 Å². The predicted octanol–water partition coefficient (Wildman–Crippen LogP) is 4.33. The summed E-state index contributed by atoms with van der Waals surface area (Å²) in [6.07, 6.45) is 0. The molecule has 0 spiro atoms. The Morgan fingerprint density at radius 3 is 2.43 bits per heavy atom. The Balaban J connectivity index is 2.46. The van der Waals surface area contributed by atoms with E-state index in [1.807, 2.05) is 50.2 Å². The van der Waals surface area contributed by atoms with Crippen LogP contribution in [0.1, 0.15) is 16.7 Å². The minimum Gasteiger partial charge on any atom is -0.507 e. The van der Waals surface area contributed by atoms with Crippen molar-refractivity contribution < 1.29 is 14.9 Å². The van der Waals surface area contributed by atoms with E-state index < -0.39 is 0 Å². The summed E-state index contributed by atoms with van der Waals surface area (Å²) in [5.74, 6) is 0.960. The predicted molar refractivity (Wildman–Crippen MR) is 93.0 cm³/mol. The normalized spacial score (nSPS) is 11.0. The molecule has 3 aromatic rings. The number of aromatic hydroxyl groups is 1. The van der Waals surface area contributed by atoms with Gasteiger partial charge in [-0.25, -0.2) is 0 Å². The maximum atomic E-state index is 10.6. The van der Waals surface area contributed by atoms with Crippen LogP contribution in [0.15, 0.2) is 42.5 Å². The van der Waals surface area contributed by atoms with E-state index in [1.54, 1.807) is 13.2 Å². The average Bonchev–Trinajstić information content (AvgIpc) is 2.55. The molecule has 3 heteroatoms. The van der Waals surface area contributed by atoms with Crippen LogP contribution < -0.4 is 4.74 Å². The molecule has 0 amide bonds. The van der Waals surface area contributed by atoms with Crippen LogP contribution in [0.5, 0.6) is 11.5 Å². The quantitative estimate of drug-likeness (QED) is 0.757. The van der Waals surface area contributed by atoms with Crippen LogP contribution in [0.4, 0.5) is 0 Å². The van der Waals surface area contributed by atoms with Crippen molar-refractivity contribution in [1.29, 1.82) is 0 Å². The van der Waals surface area contributed by atoms with Gasteiger partial charge in [-0.2, -0.15) is 0 Å². The van der Waals surface area contributed by atoms with Crippen molar-refractivity contribution in [3.8, 4) is 22.6 Å². The molecule has 0 fully saturated rings. The molecule has 0 radical (unpaired) electrons. The molecule has 0 unspecified atom stereocenters. The molecule has 2 N–H and O–H groups in total. The van der Waals surface area contributed by atoms with Crippen LogP contribution in [-0.4, -0.2) is 17.3 Å². The standard InChI is InChI=1S/C20H20O3/c1-12-10-17(22)18(13(2)20(12)23-3)19-15(11-21)9-8-14-6-4-5-7-16(14)19/h4-10,21-22H,11H2,1-3H3. The number of phenolic OH excluding ortho intramolecular Hbond substituents is 1. The van der Waals surface area contributed by atoms with E-state index in [0.29, 0.717) is 5.56 Å². The zero-order valence-electron chi connectivity index (χ0n) is 13.6. The minimum atomic E-state index is -0.0881. The number of rotatable bonds is 3. The molecule has 0 bridgehead atoms. The molecular formula is C20H20O3. The summed E-state index contributed by atoms with van der Waals surface area (Å²) < 4.78 is 5.50. The molecule has 3 rings (SSSR count).